The Balaban J connectivity index is 2.47. The Kier molecular flexibility index (Phi) is 2.97. The monoisotopic (exact) mass is 286 g/mol. The first-order valence-electron chi connectivity index (χ1n) is 6.67. The van der Waals surface area contributed by atoms with Gasteiger partial charge in [-0.3, -0.25) is 9.20 Å². The van der Waals surface area contributed by atoms with Crippen LogP contribution in [0.15, 0.2) is 16.9 Å². The number of H-pyrrole nitrogens is 1. The minimum Gasteiger partial charge on any atom is -0.478 e. The number of carboxylic acid groups (broad SMARTS) is 1. The fraction of sp³-hybridized carbons (Fsp3) is 0.286. The molecule has 0 fully saturated rings. The van der Waals surface area contributed by atoms with Gasteiger partial charge in [-0.15, -0.1) is 10.2 Å². The number of fused-ring (bicyclic) bond motifs is 3. The molecule has 3 aromatic rings. The van der Waals surface area contributed by atoms with E-state index in [-0.39, 0.29) is 16.8 Å². The molecule has 7 nitrogen and oxygen atoms in total. The van der Waals surface area contributed by atoms with Crippen molar-refractivity contribution in [2.45, 2.75) is 26.7 Å². The lowest BCUT2D eigenvalue weighted by Crippen LogP contribution is -2.13. The van der Waals surface area contributed by atoms with Crippen molar-refractivity contribution in [2.75, 3.05) is 0 Å². The van der Waals surface area contributed by atoms with E-state index in [0.717, 1.165) is 6.42 Å². The van der Waals surface area contributed by atoms with Crippen molar-refractivity contribution < 1.29 is 9.90 Å². The Bertz CT molecular complexity index is 923. The smallest absolute Gasteiger partial charge is 0.336 e. The zero-order valence-corrected chi connectivity index (χ0v) is 11.7. The quantitative estimate of drug-likeness (QED) is 0.760. The molecule has 1 aromatic carbocycles. The first-order valence-corrected chi connectivity index (χ1v) is 6.67. The van der Waals surface area contributed by atoms with Crippen molar-refractivity contribution in [3.8, 4) is 0 Å². The standard InChI is InChI=1S/C14H14N4O3/c1-3-4-11-16-17-12-13(19)15-9-6-8(14(20)21)7(2)5-10(9)18(11)12/h5-6H,3-4H2,1-2H3,(H,15,19)(H,20,21). The topological polar surface area (TPSA) is 100 Å². The highest BCUT2D eigenvalue weighted by Gasteiger charge is 2.15. The summed E-state index contributed by atoms with van der Waals surface area (Å²) in [5.74, 6) is -0.320. The van der Waals surface area contributed by atoms with Crippen molar-refractivity contribution >= 4 is 22.6 Å². The maximum atomic E-state index is 12.1. The van der Waals surface area contributed by atoms with Gasteiger partial charge in [-0.05, 0) is 31.0 Å². The Morgan fingerprint density at radius 1 is 1.38 bits per heavy atom. The fourth-order valence-electron chi connectivity index (χ4n) is 2.49. The van der Waals surface area contributed by atoms with E-state index in [9.17, 15) is 14.7 Å². The van der Waals surface area contributed by atoms with Crippen molar-refractivity contribution in [3.63, 3.8) is 0 Å². The van der Waals surface area contributed by atoms with E-state index >= 15 is 0 Å². The number of aryl methyl sites for hydroxylation is 2. The van der Waals surface area contributed by atoms with Gasteiger partial charge in [-0.1, -0.05) is 6.92 Å². The summed E-state index contributed by atoms with van der Waals surface area (Å²) in [6.07, 6.45) is 1.57. The van der Waals surface area contributed by atoms with Gasteiger partial charge in [0.25, 0.3) is 5.56 Å². The van der Waals surface area contributed by atoms with Crippen molar-refractivity contribution in [1.29, 1.82) is 0 Å². The van der Waals surface area contributed by atoms with Crippen LogP contribution in [0.5, 0.6) is 0 Å². The third-order valence-corrected chi connectivity index (χ3v) is 3.47. The average molecular weight is 286 g/mol. The molecule has 21 heavy (non-hydrogen) atoms. The normalized spacial score (nSPS) is 11.3. The van der Waals surface area contributed by atoms with Crippen molar-refractivity contribution in [2.24, 2.45) is 0 Å². The number of rotatable bonds is 3. The molecule has 2 N–H and O–H groups in total. The number of benzene rings is 1. The molecule has 0 aliphatic rings. The molecule has 0 aliphatic carbocycles. The summed E-state index contributed by atoms with van der Waals surface area (Å²) in [5, 5.41) is 17.2. The molecule has 2 aromatic heterocycles. The highest BCUT2D eigenvalue weighted by atomic mass is 16.4. The van der Waals surface area contributed by atoms with Crippen LogP contribution in [-0.4, -0.2) is 30.7 Å². The minimum atomic E-state index is -1.02. The summed E-state index contributed by atoms with van der Waals surface area (Å²) in [6.45, 7) is 3.74. The lowest BCUT2D eigenvalue weighted by molar-refractivity contribution is 0.0696. The molecule has 0 atom stereocenters. The van der Waals surface area contributed by atoms with Crippen LogP contribution in [0, 0.1) is 6.92 Å². The van der Waals surface area contributed by atoms with Gasteiger partial charge in [0.2, 0.25) is 5.65 Å². The van der Waals surface area contributed by atoms with Crippen LogP contribution in [0.4, 0.5) is 0 Å². The number of carboxylic acids is 1. The highest BCUT2D eigenvalue weighted by Crippen LogP contribution is 2.19. The summed E-state index contributed by atoms with van der Waals surface area (Å²) in [6, 6.07) is 3.22. The number of aromatic carboxylic acids is 1. The van der Waals surface area contributed by atoms with Crippen molar-refractivity contribution in [1.82, 2.24) is 19.6 Å². The number of aromatic amines is 1. The predicted molar refractivity (Wildman–Crippen MR) is 76.8 cm³/mol. The molecular weight excluding hydrogens is 272 g/mol. The number of aromatic nitrogens is 4. The van der Waals surface area contributed by atoms with Crippen molar-refractivity contribution in [3.05, 3.63) is 39.4 Å². The SMILES string of the molecule is CCCc1nnc2c(=O)[nH]c3cc(C(=O)O)c(C)cc3n12. The largest absolute Gasteiger partial charge is 0.478 e. The second-order valence-corrected chi connectivity index (χ2v) is 4.97. The van der Waals surface area contributed by atoms with Crippen LogP contribution in [-0.2, 0) is 6.42 Å². The zero-order valence-electron chi connectivity index (χ0n) is 11.7. The van der Waals surface area contributed by atoms with Gasteiger partial charge < -0.3 is 10.1 Å². The van der Waals surface area contributed by atoms with Crippen LogP contribution >= 0.6 is 0 Å². The Labute approximate surface area is 119 Å². The number of nitrogens with one attached hydrogen (secondary N) is 1. The molecular formula is C14H14N4O3. The van der Waals surface area contributed by atoms with Gasteiger partial charge in [-0.25, -0.2) is 4.79 Å². The maximum Gasteiger partial charge on any atom is 0.336 e. The molecule has 0 bridgehead atoms. The van der Waals surface area contributed by atoms with Crippen LogP contribution in [0.1, 0.15) is 35.1 Å². The van der Waals surface area contributed by atoms with E-state index in [2.05, 4.69) is 15.2 Å². The average Bonchev–Trinajstić information content (AvgIpc) is 2.84. The van der Waals surface area contributed by atoms with E-state index in [4.69, 9.17) is 0 Å². The van der Waals surface area contributed by atoms with Crippen LogP contribution in [0.2, 0.25) is 0 Å². The third kappa shape index (κ3) is 1.97. The van der Waals surface area contributed by atoms with E-state index in [1.807, 2.05) is 6.92 Å². The fourth-order valence-corrected chi connectivity index (χ4v) is 2.49. The first kappa shape index (κ1) is 13.3. The molecule has 7 heteroatoms. The highest BCUT2D eigenvalue weighted by molar-refractivity contribution is 5.94. The third-order valence-electron chi connectivity index (χ3n) is 3.47. The zero-order chi connectivity index (χ0) is 15.1. The van der Waals surface area contributed by atoms with E-state index < -0.39 is 5.97 Å². The second kappa shape index (κ2) is 4.69. The van der Waals surface area contributed by atoms with Crippen LogP contribution in [0.3, 0.4) is 0 Å². The van der Waals surface area contributed by atoms with E-state index in [1.165, 1.54) is 6.07 Å². The number of nitrogens with zero attached hydrogens (tertiary/aromatic N) is 3. The molecule has 0 spiro atoms. The van der Waals surface area contributed by atoms with Gasteiger partial charge in [0.15, 0.2) is 0 Å². The first-order chi connectivity index (χ1) is 10.0. The van der Waals surface area contributed by atoms with Gasteiger partial charge in [0.05, 0.1) is 16.6 Å². The number of hydrogen-bond donors (Lipinski definition) is 2. The maximum absolute atomic E-state index is 12.1. The Morgan fingerprint density at radius 2 is 2.14 bits per heavy atom. The Hall–Kier alpha value is -2.70. The van der Waals surface area contributed by atoms with Gasteiger partial charge in [0.1, 0.15) is 5.82 Å². The number of hydrogen-bond acceptors (Lipinski definition) is 4. The lowest BCUT2D eigenvalue weighted by atomic mass is 10.1. The molecule has 0 amide bonds. The summed E-state index contributed by atoms with van der Waals surface area (Å²) in [4.78, 5) is 25.9. The van der Waals surface area contributed by atoms with E-state index in [1.54, 1.807) is 17.4 Å². The molecule has 0 saturated heterocycles. The molecule has 2 heterocycles. The summed E-state index contributed by atoms with van der Waals surface area (Å²) < 4.78 is 1.70. The molecule has 0 radical (unpaired) electrons. The molecule has 108 valence electrons. The summed E-state index contributed by atoms with van der Waals surface area (Å²) in [5.41, 5.74) is 1.82. The van der Waals surface area contributed by atoms with Gasteiger partial charge in [0, 0.05) is 6.42 Å². The molecule has 3 rings (SSSR count). The lowest BCUT2D eigenvalue weighted by Gasteiger charge is -2.07. The Morgan fingerprint density at radius 3 is 2.81 bits per heavy atom. The molecule has 0 aliphatic heterocycles. The summed E-state index contributed by atoms with van der Waals surface area (Å²) in [7, 11) is 0. The van der Waals surface area contributed by atoms with Crippen LogP contribution in [0.25, 0.3) is 16.7 Å². The van der Waals surface area contributed by atoms with Crippen LogP contribution < -0.4 is 5.56 Å². The number of carbonyl (C=O) groups is 1. The molecule has 0 unspecified atom stereocenters. The summed E-state index contributed by atoms with van der Waals surface area (Å²) >= 11 is 0. The van der Waals surface area contributed by atoms with Gasteiger partial charge >= 0.3 is 5.97 Å². The van der Waals surface area contributed by atoms with Gasteiger partial charge in [-0.2, -0.15) is 0 Å². The minimum absolute atomic E-state index is 0.169. The van der Waals surface area contributed by atoms with E-state index in [0.29, 0.717) is 28.8 Å². The molecule has 0 saturated carbocycles. The predicted octanol–water partition coefficient (Wildman–Crippen LogP) is 1.53. The second-order valence-electron chi connectivity index (χ2n) is 4.97.